The number of hydrogen-bond donors (Lipinski definition) is 0. The lowest BCUT2D eigenvalue weighted by atomic mass is 10.3. The Bertz CT molecular complexity index is 416. The maximum atomic E-state index is 3.61. The monoisotopic (exact) mass is 416 g/mol. The number of aromatic nitrogens is 8. The molecule has 3 rings (SSSR count). The average Bonchev–Trinajstić information content (AvgIpc) is 2.72. The molecule has 0 aromatic carbocycles. The number of rotatable bonds is 0. The van der Waals surface area contributed by atoms with Crippen molar-refractivity contribution >= 4 is 0 Å². The molecule has 0 aliphatic heterocycles. The molecule has 0 bridgehead atoms. The molecule has 3 aromatic rings. The van der Waals surface area contributed by atoms with E-state index in [4.69, 9.17) is 0 Å². The van der Waals surface area contributed by atoms with Crippen LogP contribution in [0.25, 0.3) is 0 Å². The van der Waals surface area contributed by atoms with Crippen LogP contribution in [0.3, 0.4) is 0 Å². The van der Waals surface area contributed by atoms with Gasteiger partial charge in [0.15, 0.2) is 0 Å². The van der Waals surface area contributed by atoms with Crippen LogP contribution in [0.4, 0.5) is 0 Å². The van der Waals surface area contributed by atoms with Gasteiger partial charge < -0.3 is 0 Å². The highest BCUT2D eigenvalue weighted by atomic mass is 15.1. The summed E-state index contributed by atoms with van der Waals surface area (Å²) in [5.41, 5.74) is 0. The van der Waals surface area contributed by atoms with Crippen molar-refractivity contribution in [1.29, 1.82) is 0 Å². The van der Waals surface area contributed by atoms with Crippen molar-refractivity contribution in [3.05, 3.63) is 62.2 Å². The van der Waals surface area contributed by atoms with Gasteiger partial charge in [-0.05, 0) is 29.9 Å². The largest absolute Gasteiger partial charge is 0.241 e. The lowest BCUT2D eigenvalue weighted by molar-refractivity contribution is 0.736. The number of nitrogens with zero attached hydrogens (tertiary/aromatic N) is 8. The van der Waals surface area contributed by atoms with Gasteiger partial charge in [0.1, 0.15) is 25.3 Å². The molecule has 0 saturated carbocycles. The Kier molecular flexibility index (Phi) is 30.0. The van der Waals surface area contributed by atoms with E-state index in [9.17, 15) is 0 Å². The second kappa shape index (κ2) is 28.3. The summed E-state index contributed by atoms with van der Waals surface area (Å²) >= 11 is 0. The van der Waals surface area contributed by atoms with Crippen LogP contribution in [0.1, 0.15) is 62.3 Å². The van der Waals surface area contributed by atoms with E-state index < -0.39 is 0 Å². The summed E-state index contributed by atoms with van der Waals surface area (Å²) < 4.78 is 0. The molecule has 0 N–H and O–H groups in total. The second-order valence-corrected chi connectivity index (χ2v) is 7.70. The third-order valence-corrected chi connectivity index (χ3v) is 1.29. The standard InChI is InChI=1S/C4H4N2.3C4H10.2C3H3N3/c1-2-4-6-5-3-1;3*1-4(2)3;1-4-2-6-3-5-1;1-2-5-6-3-4-1/h1-4H;3*4H,1-3H3;2*1-3H. The van der Waals surface area contributed by atoms with Crippen LogP contribution >= 0.6 is 0 Å². The predicted molar refractivity (Wildman–Crippen MR) is 123 cm³/mol. The first-order valence-corrected chi connectivity index (χ1v) is 10.0. The molecule has 0 amide bonds. The lowest BCUT2D eigenvalue weighted by Crippen LogP contribution is -1.75. The van der Waals surface area contributed by atoms with Crippen LogP contribution in [0.2, 0.25) is 0 Å². The minimum absolute atomic E-state index is 0.833. The molecule has 3 aromatic heterocycles. The van der Waals surface area contributed by atoms with Crippen LogP contribution in [0, 0.1) is 17.8 Å². The van der Waals surface area contributed by atoms with Gasteiger partial charge in [-0.1, -0.05) is 62.3 Å². The molecule has 0 aliphatic carbocycles. The fourth-order valence-electron chi connectivity index (χ4n) is 0.663. The molecular weight excluding hydrogens is 376 g/mol. The van der Waals surface area contributed by atoms with Crippen molar-refractivity contribution in [2.45, 2.75) is 62.3 Å². The highest BCUT2D eigenvalue weighted by Gasteiger charge is 1.69. The third-order valence-electron chi connectivity index (χ3n) is 1.29. The van der Waals surface area contributed by atoms with Crippen LogP contribution in [0.15, 0.2) is 62.2 Å². The van der Waals surface area contributed by atoms with Crippen molar-refractivity contribution in [1.82, 2.24) is 40.3 Å². The highest BCUT2D eigenvalue weighted by molar-refractivity contribution is 4.79. The molecule has 0 atom stereocenters. The molecule has 3 heterocycles. The van der Waals surface area contributed by atoms with E-state index in [2.05, 4.69) is 103 Å². The summed E-state index contributed by atoms with van der Waals surface area (Å²) in [4.78, 5) is 14.3. The molecule has 30 heavy (non-hydrogen) atoms. The minimum atomic E-state index is 0.833. The van der Waals surface area contributed by atoms with Crippen molar-refractivity contribution in [3.63, 3.8) is 0 Å². The van der Waals surface area contributed by atoms with Crippen molar-refractivity contribution in [2.24, 2.45) is 17.8 Å². The van der Waals surface area contributed by atoms with Crippen molar-refractivity contribution in [3.8, 4) is 0 Å². The number of hydrogen-bond acceptors (Lipinski definition) is 8. The van der Waals surface area contributed by atoms with E-state index in [1.54, 1.807) is 18.6 Å². The van der Waals surface area contributed by atoms with Crippen LogP contribution in [-0.2, 0) is 0 Å². The minimum Gasteiger partial charge on any atom is -0.241 e. The summed E-state index contributed by atoms with van der Waals surface area (Å²) in [6, 6.07) is 3.65. The van der Waals surface area contributed by atoms with Crippen LogP contribution in [0.5, 0.6) is 0 Å². The smallest absolute Gasteiger partial charge is 0.138 e. The van der Waals surface area contributed by atoms with Crippen molar-refractivity contribution < 1.29 is 0 Å². The first kappa shape index (κ1) is 31.8. The van der Waals surface area contributed by atoms with Gasteiger partial charge >= 0.3 is 0 Å². The zero-order chi connectivity index (χ0) is 23.5. The van der Waals surface area contributed by atoms with Gasteiger partial charge in [-0.15, -0.1) is 5.10 Å². The normalized spacial score (nSPS) is 8.40. The van der Waals surface area contributed by atoms with E-state index in [0.717, 1.165) is 17.8 Å². The van der Waals surface area contributed by atoms with Gasteiger partial charge in [-0.2, -0.15) is 15.3 Å². The topological polar surface area (TPSA) is 103 Å². The van der Waals surface area contributed by atoms with Gasteiger partial charge in [0.25, 0.3) is 0 Å². The molecule has 0 radical (unpaired) electrons. The maximum Gasteiger partial charge on any atom is 0.138 e. The fraction of sp³-hybridized carbons (Fsp3) is 0.545. The Hall–Kier alpha value is -2.90. The van der Waals surface area contributed by atoms with Gasteiger partial charge in [0.2, 0.25) is 0 Å². The Labute approximate surface area is 183 Å². The van der Waals surface area contributed by atoms with E-state index in [1.165, 1.54) is 31.5 Å². The van der Waals surface area contributed by atoms with E-state index >= 15 is 0 Å². The van der Waals surface area contributed by atoms with Gasteiger partial charge in [0.05, 0.1) is 6.20 Å². The van der Waals surface area contributed by atoms with Crippen molar-refractivity contribution in [2.75, 3.05) is 0 Å². The van der Waals surface area contributed by atoms with Gasteiger partial charge in [-0.25, -0.2) is 19.9 Å². The first-order valence-electron chi connectivity index (χ1n) is 10.0. The lowest BCUT2D eigenvalue weighted by Gasteiger charge is -1.79. The summed E-state index contributed by atoms with van der Waals surface area (Å²) in [6.07, 6.45) is 12.1. The second-order valence-electron chi connectivity index (χ2n) is 7.70. The maximum absolute atomic E-state index is 3.61. The zero-order valence-electron chi connectivity index (χ0n) is 20.1. The van der Waals surface area contributed by atoms with Gasteiger partial charge in [-0.3, -0.25) is 0 Å². The Morgan fingerprint density at radius 2 is 0.700 bits per heavy atom. The summed E-state index contributed by atoms with van der Waals surface area (Å²) in [5, 5.41) is 14.0. The fourth-order valence-corrected chi connectivity index (χ4v) is 0.663. The molecule has 0 spiro atoms. The Balaban J connectivity index is -0.000000296. The summed E-state index contributed by atoms with van der Waals surface area (Å²) in [5.74, 6) is 2.50. The Morgan fingerprint density at radius 3 is 0.800 bits per heavy atom. The molecule has 8 heteroatoms. The van der Waals surface area contributed by atoms with Gasteiger partial charge in [0, 0.05) is 18.6 Å². The van der Waals surface area contributed by atoms with E-state index in [1.807, 2.05) is 12.1 Å². The third kappa shape index (κ3) is 63.9. The summed E-state index contributed by atoms with van der Waals surface area (Å²) in [6.45, 7) is 19.5. The summed E-state index contributed by atoms with van der Waals surface area (Å²) in [7, 11) is 0. The molecule has 0 unspecified atom stereocenters. The quantitative estimate of drug-likeness (QED) is 0.492. The Morgan fingerprint density at radius 1 is 0.367 bits per heavy atom. The zero-order valence-corrected chi connectivity index (χ0v) is 20.1. The molecule has 168 valence electrons. The first-order chi connectivity index (χ1) is 14.2. The van der Waals surface area contributed by atoms with E-state index in [-0.39, 0.29) is 0 Å². The molecule has 0 fully saturated rings. The molecule has 8 nitrogen and oxygen atoms in total. The SMILES string of the molecule is CC(C)C.CC(C)C.CC(C)C.c1ccnnc1.c1cnncn1.c1ncncn1. The van der Waals surface area contributed by atoms with Crippen LogP contribution in [-0.4, -0.2) is 40.3 Å². The molecule has 0 saturated heterocycles. The van der Waals surface area contributed by atoms with Crippen LogP contribution < -0.4 is 0 Å². The molecule has 0 aliphatic rings. The molecular formula is C22H40N8. The van der Waals surface area contributed by atoms with E-state index in [0.29, 0.717) is 0 Å². The highest BCUT2D eigenvalue weighted by Crippen LogP contribution is 1.82. The predicted octanol–water partition coefficient (Wildman–Crippen LogP) is 5.21. The average molecular weight is 417 g/mol.